The molecule has 0 saturated carbocycles. The van der Waals surface area contributed by atoms with Crippen LogP contribution < -0.4 is 10.1 Å². The average Bonchev–Trinajstić information content (AvgIpc) is 2.37. The summed E-state index contributed by atoms with van der Waals surface area (Å²) in [7, 11) is 1.76. The normalized spacial score (nSPS) is 19.9. The monoisotopic (exact) mass is 247 g/mol. The van der Waals surface area contributed by atoms with E-state index < -0.39 is 0 Å². The lowest BCUT2D eigenvalue weighted by atomic mass is 9.91. The maximum atomic E-state index is 5.49. The first kappa shape index (κ1) is 13.4. The smallest absolute Gasteiger partial charge is 0.124 e. The van der Waals surface area contributed by atoms with Gasteiger partial charge in [-0.2, -0.15) is 0 Å². The van der Waals surface area contributed by atoms with Crippen molar-refractivity contribution in [2.75, 3.05) is 13.7 Å². The van der Waals surface area contributed by atoms with Gasteiger partial charge in [0.05, 0.1) is 7.11 Å². The van der Waals surface area contributed by atoms with Gasteiger partial charge >= 0.3 is 0 Å². The molecule has 2 rings (SSSR count). The van der Waals surface area contributed by atoms with Crippen LogP contribution in [0.25, 0.3) is 0 Å². The maximum absolute atomic E-state index is 5.49. The molecule has 1 atom stereocenters. The first-order valence-corrected chi connectivity index (χ1v) is 7.00. The Hall–Kier alpha value is -1.02. The second-order valence-corrected chi connectivity index (χ2v) is 5.49. The van der Waals surface area contributed by atoms with E-state index in [4.69, 9.17) is 4.74 Å². The van der Waals surface area contributed by atoms with Crippen LogP contribution in [0.5, 0.6) is 5.75 Å². The molecule has 1 N–H and O–H groups in total. The summed E-state index contributed by atoms with van der Waals surface area (Å²) in [6, 6.07) is 2.96. The zero-order valence-electron chi connectivity index (χ0n) is 12.1. The fourth-order valence-corrected chi connectivity index (χ4v) is 3.03. The summed E-state index contributed by atoms with van der Waals surface area (Å²) in [5.41, 5.74) is 5.42. The van der Waals surface area contributed by atoms with Crippen LogP contribution in [0, 0.1) is 20.8 Å². The number of methoxy groups -OCH3 is 1. The lowest BCUT2D eigenvalue weighted by molar-refractivity contribution is 0.396. The van der Waals surface area contributed by atoms with Crippen molar-refractivity contribution >= 4 is 0 Å². The summed E-state index contributed by atoms with van der Waals surface area (Å²) in [5.74, 6) is 1.05. The quantitative estimate of drug-likeness (QED) is 0.885. The van der Waals surface area contributed by atoms with Gasteiger partial charge in [-0.15, -0.1) is 0 Å². The number of rotatable bonds is 3. The van der Waals surface area contributed by atoms with Crippen LogP contribution in [0.1, 0.15) is 41.5 Å². The van der Waals surface area contributed by atoms with E-state index in [1.165, 1.54) is 48.1 Å². The van der Waals surface area contributed by atoms with Crippen LogP contribution in [-0.2, 0) is 6.42 Å². The Kier molecular flexibility index (Phi) is 4.28. The molecule has 2 nitrogen and oxygen atoms in total. The van der Waals surface area contributed by atoms with E-state index in [1.807, 2.05) is 0 Å². The highest BCUT2D eigenvalue weighted by molar-refractivity contribution is 5.49. The van der Waals surface area contributed by atoms with E-state index >= 15 is 0 Å². The lowest BCUT2D eigenvalue weighted by Crippen LogP contribution is -2.35. The van der Waals surface area contributed by atoms with Gasteiger partial charge in [-0.05, 0) is 68.8 Å². The van der Waals surface area contributed by atoms with Gasteiger partial charge in [0, 0.05) is 6.04 Å². The van der Waals surface area contributed by atoms with Gasteiger partial charge in [-0.1, -0.05) is 12.5 Å². The van der Waals surface area contributed by atoms with Gasteiger partial charge in [0.1, 0.15) is 5.75 Å². The van der Waals surface area contributed by atoms with E-state index in [2.05, 4.69) is 32.2 Å². The fraction of sp³-hybridized carbons (Fsp3) is 0.625. The van der Waals surface area contributed by atoms with E-state index in [0.717, 1.165) is 12.2 Å². The van der Waals surface area contributed by atoms with Crippen molar-refractivity contribution in [1.82, 2.24) is 5.32 Å². The fourth-order valence-electron chi connectivity index (χ4n) is 3.03. The van der Waals surface area contributed by atoms with Crippen LogP contribution in [-0.4, -0.2) is 19.7 Å². The summed E-state index contributed by atoms with van der Waals surface area (Å²) in [5, 5.41) is 3.63. The van der Waals surface area contributed by atoms with Crippen LogP contribution in [0.3, 0.4) is 0 Å². The van der Waals surface area contributed by atoms with E-state index in [9.17, 15) is 0 Å². The highest BCUT2D eigenvalue weighted by Crippen LogP contribution is 2.29. The van der Waals surface area contributed by atoms with Gasteiger partial charge in [0.25, 0.3) is 0 Å². The van der Waals surface area contributed by atoms with Gasteiger partial charge in [0.2, 0.25) is 0 Å². The lowest BCUT2D eigenvalue weighted by Gasteiger charge is -2.25. The van der Waals surface area contributed by atoms with Crippen LogP contribution in [0.15, 0.2) is 6.07 Å². The average molecular weight is 247 g/mol. The molecule has 2 heteroatoms. The SMILES string of the molecule is COc1c(C)cc(CC2CCCCN2)c(C)c1C. The van der Waals surface area contributed by atoms with E-state index in [1.54, 1.807) is 7.11 Å². The molecule has 0 bridgehead atoms. The molecular weight excluding hydrogens is 222 g/mol. The molecule has 0 spiro atoms. The largest absolute Gasteiger partial charge is 0.496 e. The van der Waals surface area contributed by atoms with Gasteiger partial charge in [0.15, 0.2) is 0 Å². The first-order chi connectivity index (χ1) is 8.63. The predicted molar refractivity (Wildman–Crippen MR) is 76.6 cm³/mol. The number of hydrogen-bond acceptors (Lipinski definition) is 2. The molecule has 18 heavy (non-hydrogen) atoms. The van der Waals surface area contributed by atoms with Crippen LogP contribution in [0.2, 0.25) is 0 Å². The van der Waals surface area contributed by atoms with E-state index in [-0.39, 0.29) is 0 Å². The molecule has 1 saturated heterocycles. The Morgan fingerprint density at radius 2 is 2.00 bits per heavy atom. The van der Waals surface area contributed by atoms with Crippen LogP contribution in [0.4, 0.5) is 0 Å². The summed E-state index contributed by atoms with van der Waals surface area (Å²) < 4.78 is 5.49. The number of benzene rings is 1. The Morgan fingerprint density at radius 3 is 2.61 bits per heavy atom. The third kappa shape index (κ3) is 2.69. The summed E-state index contributed by atoms with van der Waals surface area (Å²) in [4.78, 5) is 0. The molecule has 1 unspecified atom stereocenters. The molecular formula is C16H25NO. The van der Waals surface area contributed by atoms with Crippen molar-refractivity contribution in [3.05, 3.63) is 28.3 Å². The second-order valence-electron chi connectivity index (χ2n) is 5.49. The summed E-state index contributed by atoms with van der Waals surface area (Å²) >= 11 is 0. The minimum atomic E-state index is 0.657. The maximum Gasteiger partial charge on any atom is 0.124 e. The van der Waals surface area contributed by atoms with Gasteiger partial charge in [-0.3, -0.25) is 0 Å². The number of piperidine rings is 1. The molecule has 1 fully saturated rings. The third-order valence-corrected chi connectivity index (χ3v) is 4.22. The third-order valence-electron chi connectivity index (χ3n) is 4.22. The number of hydrogen-bond donors (Lipinski definition) is 1. The van der Waals surface area contributed by atoms with Crippen molar-refractivity contribution in [3.8, 4) is 5.75 Å². The molecule has 100 valence electrons. The minimum absolute atomic E-state index is 0.657. The molecule has 1 aliphatic heterocycles. The zero-order valence-corrected chi connectivity index (χ0v) is 12.1. The van der Waals surface area contributed by atoms with Crippen molar-refractivity contribution in [3.63, 3.8) is 0 Å². The zero-order chi connectivity index (χ0) is 13.1. The number of ether oxygens (including phenoxy) is 1. The second kappa shape index (κ2) is 5.75. The summed E-state index contributed by atoms with van der Waals surface area (Å²) in [6.45, 7) is 7.70. The molecule has 0 amide bonds. The number of aryl methyl sites for hydroxylation is 1. The van der Waals surface area contributed by atoms with Crippen molar-refractivity contribution < 1.29 is 4.74 Å². The Balaban J connectivity index is 2.22. The molecule has 1 aliphatic rings. The Bertz CT molecular complexity index is 420. The standard InChI is InChI=1S/C16H25NO/c1-11-9-14(10-15-7-5-6-8-17-15)12(2)13(3)16(11)18-4/h9,15,17H,5-8,10H2,1-4H3. The van der Waals surface area contributed by atoms with Gasteiger partial charge < -0.3 is 10.1 Å². The topological polar surface area (TPSA) is 21.3 Å². The Morgan fingerprint density at radius 1 is 1.22 bits per heavy atom. The molecule has 0 radical (unpaired) electrons. The highest BCUT2D eigenvalue weighted by Gasteiger charge is 2.16. The highest BCUT2D eigenvalue weighted by atomic mass is 16.5. The van der Waals surface area contributed by atoms with Gasteiger partial charge in [-0.25, -0.2) is 0 Å². The summed E-state index contributed by atoms with van der Waals surface area (Å²) in [6.07, 6.45) is 5.15. The molecule has 1 aromatic rings. The predicted octanol–water partition coefficient (Wildman–Crippen LogP) is 3.31. The minimum Gasteiger partial charge on any atom is -0.496 e. The molecule has 0 aliphatic carbocycles. The van der Waals surface area contributed by atoms with E-state index in [0.29, 0.717) is 6.04 Å². The molecule has 1 heterocycles. The first-order valence-electron chi connectivity index (χ1n) is 7.00. The molecule has 1 aromatic carbocycles. The van der Waals surface area contributed by atoms with Crippen molar-refractivity contribution in [2.24, 2.45) is 0 Å². The van der Waals surface area contributed by atoms with Crippen LogP contribution >= 0.6 is 0 Å². The molecule has 0 aromatic heterocycles. The van der Waals surface area contributed by atoms with Crippen molar-refractivity contribution in [2.45, 2.75) is 52.5 Å². The number of nitrogens with one attached hydrogen (secondary N) is 1. The van der Waals surface area contributed by atoms with Crippen molar-refractivity contribution in [1.29, 1.82) is 0 Å². The Labute approximate surface area is 111 Å².